The molecule has 1 amide bonds. The minimum absolute atomic E-state index is 0.0378. The highest BCUT2D eigenvalue weighted by Gasteiger charge is 2.70. The van der Waals surface area contributed by atoms with Crippen LogP contribution in [0.2, 0.25) is 5.02 Å². The van der Waals surface area contributed by atoms with E-state index < -0.39 is 12.2 Å². The van der Waals surface area contributed by atoms with Gasteiger partial charge in [-0.1, -0.05) is 11.6 Å². The van der Waals surface area contributed by atoms with E-state index >= 15 is 0 Å². The summed E-state index contributed by atoms with van der Waals surface area (Å²) in [6, 6.07) is 10.1. The van der Waals surface area contributed by atoms with E-state index in [-0.39, 0.29) is 29.2 Å². The van der Waals surface area contributed by atoms with Crippen molar-refractivity contribution in [2.45, 2.75) is 55.9 Å². The summed E-state index contributed by atoms with van der Waals surface area (Å²) in [6.45, 7) is 1.74. The lowest BCUT2D eigenvalue weighted by molar-refractivity contribution is -0.161. The smallest absolute Gasteiger partial charge is 0.261 e. The summed E-state index contributed by atoms with van der Waals surface area (Å²) >= 11 is 6.01. The molecule has 0 spiro atoms. The molecule has 3 aliphatic carbocycles. The number of benzene rings is 2. The monoisotopic (exact) mass is 467 g/mol. The third-order valence-electron chi connectivity index (χ3n) is 7.30. The number of ether oxygens (including phenoxy) is 1. The van der Waals surface area contributed by atoms with Gasteiger partial charge in [0.05, 0.1) is 23.7 Å². The first-order chi connectivity index (χ1) is 15.8. The van der Waals surface area contributed by atoms with E-state index in [1.807, 2.05) is 12.5 Å². The van der Waals surface area contributed by atoms with Gasteiger partial charge in [0, 0.05) is 34.3 Å². The highest BCUT2D eigenvalue weighted by molar-refractivity contribution is 6.30. The molecule has 0 radical (unpaired) electrons. The topological polar surface area (TPSA) is 76.4 Å². The Morgan fingerprint density at radius 2 is 2.06 bits per heavy atom. The number of carbonyl (C=O) groups is 1. The summed E-state index contributed by atoms with van der Waals surface area (Å²) in [7, 11) is 0. The summed E-state index contributed by atoms with van der Waals surface area (Å²) in [5.41, 5.74) is 2.63. The second-order valence-electron chi connectivity index (χ2n) is 9.69. The predicted molar refractivity (Wildman–Crippen MR) is 121 cm³/mol. The number of rotatable bonds is 4. The van der Waals surface area contributed by atoms with E-state index in [4.69, 9.17) is 16.3 Å². The van der Waals surface area contributed by atoms with Crippen LogP contribution in [0.1, 0.15) is 42.9 Å². The van der Waals surface area contributed by atoms with E-state index in [0.717, 1.165) is 30.5 Å². The lowest BCUT2D eigenvalue weighted by Gasteiger charge is -2.70. The van der Waals surface area contributed by atoms with Gasteiger partial charge in [0.1, 0.15) is 11.6 Å². The number of aryl methyl sites for hydroxylation is 1. The van der Waals surface area contributed by atoms with E-state index in [1.165, 1.54) is 6.07 Å². The fourth-order valence-electron chi connectivity index (χ4n) is 5.60. The van der Waals surface area contributed by atoms with Crippen molar-refractivity contribution in [3.8, 4) is 17.0 Å². The zero-order chi connectivity index (χ0) is 23.0. The maximum Gasteiger partial charge on any atom is 0.261 e. The number of hydrogen-bond donors (Lipinski definition) is 2. The SMILES string of the molecule is Cc1cc(-c2cn(C34CC(NC(=O)[C@H]5C[C@@H](O)c6cc(Cl)ccc6O5)(C3)C4)cn2)ccc1F. The minimum Gasteiger partial charge on any atom is -0.480 e. The van der Waals surface area contributed by atoms with Crippen LogP contribution < -0.4 is 10.1 Å². The second-order valence-corrected chi connectivity index (χ2v) is 10.1. The van der Waals surface area contributed by atoms with Crippen molar-refractivity contribution in [3.05, 3.63) is 70.9 Å². The number of nitrogens with one attached hydrogen (secondary N) is 1. The van der Waals surface area contributed by atoms with Gasteiger partial charge >= 0.3 is 0 Å². The van der Waals surface area contributed by atoms with Crippen LogP contribution in [0.25, 0.3) is 11.3 Å². The number of nitrogens with zero attached hydrogens (tertiary/aromatic N) is 2. The zero-order valence-corrected chi connectivity index (χ0v) is 18.8. The Morgan fingerprint density at radius 3 is 2.82 bits per heavy atom. The van der Waals surface area contributed by atoms with Crippen LogP contribution in [-0.2, 0) is 10.3 Å². The fraction of sp³-hybridized carbons (Fsp3) is 0.360. The summed E-state index contributed by atoms with van der Waals surface area (Å²) in [6.07, 6.45) is 4.97. The van der Waals surface area contributed by atoms with Gasteiger partial charge < -0.3 is 19.7 Å². The standard InChI is InChI=1S/C25H23ClFN3O3/c1-14-6-15(2-4-18(14)27)19-9-30(13-28-19)25-10-24(11-25,12-25)29-23(32)22-8-20(31)17-7-16(26)3-5-21(17)33-22/h2-7,9,13,20,22,31H,8,10-12H2,1H3,(H,29,32)/t20-,22-,24?,25?/m1/s1. The average molecular weight is 468 g/mol. The van der Waals surface area contributed by atoms with Crippen LogP contribution in [0.4, 0.5) is 4.39 Å². The van der Waals surface area contributed by atoms with Gasteiger partial charge in [0.25, 0.3) is 5.91 Å². The van der Waals surface area contributed by atoms with Crippen LogP contribution in [-0.4, -0.2) is 32.2 Å². The number of halogens is 2. The quantitative estimate of drug-likeness (QED) is 0.600. The first-order valence-electron chi connectivity index (χ1n) is 11.0. The Morgan fingerprint density at radius 1 is 1.27 bits per heavy atom. The Kier molecular flexibility index (Phi) is 4.42. The summed E-state index contributed by atoms with van der Waals surface area (Å²) in [4.78, 5) is 17.4. The van der Waals surface area contributed by atoms with Crippen molar-refractivity contribution in [1.82, 2.24) is 14.9 Å². The number of imidazole rings is 1. The molecule has 7 rings (SSSR count). The molecule has 33 heavy (non-hydrogen) atoms. The molecule has 2 aromatic carbocycles. The van der Waals surface area contributed by atoms with Crippen molar-refractivity contribution in [1.29, 1.82) is 0 Å². The van der Waals surface area contributed by atoms with Gasteiger partial charge in [-0.15, -0.1) is 0 Å². The molecule has 1 aliphatic heterocycles. The van der Waals surface area contributed by atoms with Crippen molar-refractivity contribution in [2.75, 3.05) is 0 Å². The largest absolute Gasteiger partial charge is 0.480 e. The molecular formula is C25H23ClFN3O3. The third-order valence-corrected chi connectivity index (χ3v) is 7.54. The van der Waals surface area contributed by atoms with Crippen molar-refractivity contribution in [2.24, 2.45) is 0 Å². The molecule has 2 atom stereocenters. The minimum atomic E-state index is -0.790. The van der Waals surface area contributed by atoms with Gasteiger partial charge in [-0.3, -0.25) is 4.79 Å². The van der Waals surface area contributed by atoms with Crippen molar-refractivity contribution in [3.63, 3.8) is 0 Å². The van der Waals surface area contributed by atoms with E-state index in [9.17, 15) is 14.3 Å². The van der Waals surface area contributed by atoms with Crippen LogP contribution in [0.15, 0.2) is 48.9 Å². The second kappa shape index (κ2) is 7.05. The van der Waals surface area contributed by atoms with Crippen LogP contribution >= 0.6 is 11.6 Å². The molecular weight excluding hydrogens is 445 g/mol. The molecule has 4 aliphatic rings. The number of aliphatic hydroxyl groups excluding tert-OH is 1. The molecule has 3 fully saturated rings. The normalized spacial score (nSPS) is 29.3. The molecule has 3 aromatic rings. The Bertz CT molecular complexity index is 1270. The number of aromatic nitrogens is 2. The first-order valence-corrected chi connectivity index (χ1v) is 11.4. The Hall–Kier alpha value is -2.90. The number of carbonyl (C=O) groups excluding carboxylic acids is 1. The average Bonchev–Trinajstić information content (AvgIpc) is 3.21. The van der Waals surface area contributed by atoms with E-state index in [2.05, 4.69) is 14.9 Å². The first kappa shape index (κ1) is 20.7. The van der Waals surface area contributed by atoms with Crippen LogP contribution in [0.5, 0.6) is 5.75 Å². The van der Waals surface area contributed by atoms with Gasteiger partial charge in [-0.25, -0.2) is 9.37 Å². The molecule has 8 heteroatoms. The van der Waals surface area contributed by atoms with Crippen molar-refractivity contribution < 1.29 is 19.0 Å². The van der Waals surface area contributed by atoms with Crippen LogP contribution in [0, 0.1) is 12.7 Å². The Labute approximate surface area is 195 Å². The molecule has 1 aromatic heterocycles. The fourth-order valence-corrected chi connectivity index (χ4v) is 5.78. The molecule has 6 nitrogen and oxygen atoms in total. The lowest BCUT2D eigenvalue weighted by Crippen LogP contribution is -2.79. The lowest BCUT2D eigenvalue weighted by atomic mass is 9.44. The van der Waals surface area contributed by atoms with Gasteiger partial charge in [0.2, 0.25) is 0 Å². The molecule has 3 saturated carbocycles. The van der Waals surface area contributed by atoms with E-state index in [0.29, 0.717) is 21.9 Å². The molecule has 2 N–H and O–H groups in total. The number of aliphatic hydroxyl groups is 1. The maximum absolute atomic E-state index is 13.6. The maximum atomic E-state index is 13.6. The van der Waals surface area contributed by atoms with Gasteiger partial charge in [0.15, 0.2) is 6.10 Å². The van der Waals surface area contributed by atoms with Gasteiger partial charge in [-0.2, -0.15) is 0 Å². The van der Waals surface area contributed by atoms with Gasteiger partial charge in [-0.05, 0) is 68.1 Å². The molecule has 0 saturated heterocycles. The number of amides is 1. The predicted octanol–water partition coefficient (Wildman–Crippen LogP) is 4.28. The highest BCUT2D eigenvalue weighted by atomic mass is 35.5. The molecule has 170 valence electrons. The molecule has 2 bridgehead atoms. The highest BCUT2D eigenvalue weighted by Crippen LogP contribution is 2.65. The molecule has 2 heterocycles. The van der Waals surface area contributed by atoms with E-state index in [1.54, 1.807) is 37.3 Å². The summed E-state index contributed by atoms with van der Waals surface area (Å²) in [5, 5.41) is 14.1. The van der Waals surface area contributed by atoms with Crippen LogP contribution in [0.3, 0.4) is 0 Å². The zero-order valence-electron chi connectivity index (χ0n) is 18.0. The third kappa shape index (κ3) is 3.25. The number of fused-ring (bicyclic) bond motifs is 1. The number of hydrogen-bond acceptors (Lipinski definition) is 4. The Balaban J connectivity index is 1.11. The molecule has 0 unspecified atom stereocenters. The van der Waals surface area contributed by atoms with Crippen molar-refractivity contribution >= 4 is 17.5 Å². The summed E-state index contributed by atoms with van der Waals surface area (Å²) < 4.78 is 21.6. The summed E-state index contributed by atoms with van der Waals surface area (Å²) in [5.74, 6) is 0.0717.